The molecular formula is C23H34N2O3. The molecule has 1 aromatic carbocycles. The average molecular weight is 387 g/mol. The van der Waals surface area contributed by atoms with E-state index in [0.29, 0.717) is 6.42 Å². The van der Waals surface area contributed by atoms with Gasteiger partial charge in [0, 0.05) is 19.5 Å². The van der Waals surface area contributed by atoms with E-state index in [1.165, 1.54) is 5.56 Å². The van der Waals surface area contributed by atoms with Gasteiger partial charge in [-0.15, -0.1) is 0 Å². The lowest BCUT2D eigenvalue weighted by Gasteiger charge is -2.42. The second kappa shape index (κ2) is 8.97. The fraction of sp³-hybridized carbons (Fsp3) is 0.652. The van der Waals surface area contributed by atoms with Gasteiger partial charge in [-0.05, 0) is 64.9 Å². The maximum absolute atomic E-state index is 13.0. The van der Waals surface area contributed by atoms with E-state index >= 15 is 0 Å². The second-order valence-electron chi connectivity index (χ2n) is 9.02. The molecule has 0 radical (unpaired) electrons. The molecule has 2 atom stereocenters. The smallest absolute Gasteiger partial charge is 0.410 e. The highest BCUT2D eigenvalue weighted by atomic mass is 16.6. The first-order chi connectivity index (χ1) is 13.3. The zero-order valence-electron chi connectivity index (χ0n) is 17.5. The van der Waals surface area contributed by atoms with Crippen molar-refractivity contribution >= 4 is 12.0 Å². The van der Waals surface area contributed by atoms with Crippen molar-refractivity contribution in [3.05, 3.63) is 35.9 Å². The maximum atomic E-state index is 13.0. The molecule has 0 saturated carbocycles. The van der Waals surface area contributed by atoms with Crippen LogP contribution >= 0.6 is 0 Å². The number of aryl methyl sites for hydroxylation is 1. The van der Waals surface area contributed by atoms with Crippen LogP contribution in [-0.2, 0) is 16.0 Å². The van der Waals surface area contributed by atoms with Gasteiger partial charge >= 0.3 is 6.09 Å². The first kappa shape index (κ1) is 20.7. The van der Waals surface area contributed by atoms with E-state index < -0.39 is 5.60 Å². The Morgan fingerprint density at radius 1 is 0.964 bits per heavy atom. The fourth-order valence-corrected chi connectivity index (χ4v) is 4.45. The Balaban J connectivity index is 1.66. The molecule has 0 N–H and O–H groups in total. The highest BCUT2D eigenvalue weighted by molar-refractivity contribution is 5.77. The minimum absolute atomic E-state index is 0.0795. The van der Waals surface area contributed by atoms with Gasteiger partial charge in [0.1, 0.15) is 5.60 Å². The van der Waals surface area contributed by atoms with Crippen LogP contribution in [0.5, 0.6) is 0 Å². The maximum Gasteiger partial charge on any atom is 0.410 e. The van der Waals surface area contributed by atoms with Gasteiger partial charge in [-0.25, -0.2) is 4.79 Å². The average Bonchev–Trinajstić information content (AvgIpc) is 3.15. The van der Waals surface area contributed by atoms with Gasteiger partial charge in [-0.2, -0.15) is 0 Å². The number of ether oxygens (including phenoxy) is 1. The summed E-state index contributed by atoms with van der Waals surface area (Å²) < 4.78 is 5.63. The van der Waals surface area contributed by atoms with Crippen LogP contribution in [0.4, 0.5) is 4.79 Å². The summed E-state index contributed by atoms with van der Waals surface area (Å²) in [5.74, 6) is 0.213. The fourth-order valence-electron chi connectivity index (χ4n) is 4.45. The zero-order chi connectivity index (χ0) is 20.1. The summed E-state index contributed by atoms with van der Waals surface area (Å²) in [5.41, 5.74) is 0.697. The number of likely N-dealkylation sites (tertiary alicyclic amines) is 2. The van der Waals surface area contributed by atoms with E-state index in [2.05, 4.69) is 17.0 Å². The molecule has 0 aromatic heterocycles. The molecule has 2 heterocycles. The zero-order valence-corrected chi connectivity index (χ0v) is 17.5. The summed E-state index contributed by atoms with van der Waals surface area (Å²) in [7, 11) is 0. The van der Waals surface area contributed by atoms with Crippen molar-refractivity contribution in [3.63, 3.8) is 0 Å². The summed E-state index contributed by atoms with van der Waals surface area (Å²) in [6.45, 7) is 7.22. The SMILES string of the molecule is CC(C)(C)OC(=O)N1CCC[C@@H]1[C@@H]1CCCCN1C(=O)CCc1ccccc1. The van der Waals surface area contributed by atoms with Crippen molar-refractivity contribution in [2.75, 3.05) is 13.1 Å². The third-order valence-electron chi connectivity index (χ3n) is 5.71. The lowest BCUT2D eigenvalue weighted by molar-refractivity contribution is -0.136. The molecule has 0 aliphatic carbocycles. The molecular weight excluding hydrogens is 352 g/mol. The number of rotatable bonds is 4. The van der Waals surface area contributed by atoms with E-state index in [4.69, 9.17) is 4.74 Å². The Kier molecular flexibility index (Phi) is 6.63. The van der Waals surface area contributed by atoms with Crippen LogP contribution in [0.25, 0.3) is 0 Å². The Morgan fingerprint density at radius 2 is 1.61 bits per heavy atom. The molecule has 0 unspecified atom stereocenters. The van der Waals surface area contributed by atoms with Gasteiger partial charge in [0.05, 0.1) is 12.1 Å². The first-order valence-corrected chi connectivity index (χ1v) is 10.7. The minimum atomic E-state index is -0.498. The largest absolute Gasteiger partial charge is 0.444 e. The van der Waals surface area contributed by atoms with Crippen molar-refractivity contribution in [1.82, 2.24) is 9.80 Å². The number of nitrogens with zero attached hydrogens (tertiary/aromatic N) is 2. The van der Waals surface area contributed by atoms with Crippen molar-refractivity contribution < 1.29 is 14.3 Å². The quantitative estimate of drug-likeness (QED) is 0.771. The Hall–Kier alpha value is -2.04. The lowest BCUT2D eigenvalue weighted by Crippen LogP contribution is -2.55. The van der Waals surface area contributed by atoms with Crippen LogP contribution in [0.15, 0.2) is 30.3 Å². The third-order valence-corrected chi connectivity index (χ3v) is 5.71. The molecule has 2 fully saturated rings. The van der Waals surface area contributed by atoms with E-state index in [9.17, 15) is 9.59 Å². The van der Waals surface area contributed by atoms with Crippen LogP contribution in [0.1, 0.15) is 64.9 Å². The van der Waals surface area contributed by atoms with Gasteiger partial charge in [0.25, 0.3) is 0 Å². The normalized spacial score (nSPS) is 23.0. The van der Waals surface area contributed by atoms with E-state index in [0.717, 1.165) is 51.6 Å². The van der Waals surface area contributed by atoms with Gasteiger partial charge in [0.15, 0.2) is 0 Å². The summed E-state index contributed by atoms with van der Waals surface area (Å²) in [4.78, 5) is 29.7. The van der Waals surface area contributed by atoms with Crippen LogP contribution < -0.4 is 0 Å². The molecule has 154 valence electrons. The van der Waals surface area contributed by atoms with E-state index in [1.807, 2.05) is 43.9 Å². The predicted octanol–water partition coefficient (Wildman–Crippen LogP) is 4.40. The Morgan fingerprint density at radius 3 is 2.32 bits per heavy atom. The summed E-state index contributed by atoms with van der Waals surface area (Å²) in [5, 5.41) is 0. The standard InChI is InChI=1S/C23H34N2O3/c1-23(2,3)28-22(27)25-17-9-13-20(25)19-12-7-8-16-24(19)21(26)15-14-18-10-5-4-6-11-18/h4-6,10-11,19-20H,7-9,12-17H2,1-3H3/t19-,20+/m0/s1. The molecule has 2 amide bonds. The number of hydrogen-bond acceptors (Lipinski definition) is 3. The first-order valence-electron chi connectivity index (χ1n) is 10.7. The van der Waals surface area contributed by atoms with Crippen molar-refractivity contribution in [1.29, 1.82) is 0 Å². The number of carbonyl (C=O) groups excluding carboxylic acids is 2. The molecule has 1 aromatic rings. The lowest BCUT2D eigenvalue weighted by atomic mass is 9.93. The number of piperidine rings is 1. The van der Waals surface area contributed by atoms with Crippen LogP contribution in [-0.4, -0.2) is 52.6 Å². The molecule has 2 aliphatic rings. The molecule has 2 saturated heterocycles. The molecule has 3 rings (SSSR count). The topological polar surface area (TPSA) is 49.9 Å². The number of carbonyl (C=O) groups is 2. The molecule has 2 aliphatic heterocycles. The van der Waals surface area contributed by atoms with Crippen LogP contribution in [0.3, 0.4) is 0 Å². The highest BCUT2D eigenvalue weighted by Crippen LogP contribution is 2.31. The van der Waals surface area contributed by atoms with Crippen LogP contribution in [0, 0.1) is 0 Å². The van der Waals surface area contributed by atoms with Crippen molar-refractivity contribution in [2.45, 2.75) is 83.4 Å². The van der Waals surface area contributed by atoms with E-state index in [-0.39, 0.29) is 24.1 Å². The molecule has 0 spiro atoms. The van der Waals surface area contributed by atoms with Crippen LogP contribution in [0.2, 0.25) is 0 Å². The predicted molar refractivity (Wildman–Crippen MR) is 110 cm³/mol. The van der Waals surface area contributed by atoms with Gasteiger partial charge in [0.2, 0.25) is 5.91 Å². The van der Waals surface area contributed by atoms with Crippen molar-refractivity contribution in [3.8, 4) is 0 Å². The highest BCUT2D eigenvalue weighted by Gasteiger charge is 2.41. The minimum Gasteiger partial charge on any atom is -0.444 e. The van der Waals surface area contributed by atoms with Gasteiger partial charge in [-0.1, -0.05) is 30.3 Å². The second-order valence-corrected chi connectivity index (χ2v) is 9.02. The summed E-state index contributed by atoms with van der Waals surface area (Å²) in [6, 6.07) is 10.4. The number of benzene rings is 1. The van der Waals surface area contributed by atoms with Gasteiger partial charge in [-0.3, -0.25) is 4.79 Å². The third kappa shape index (κ3) is 5.27. The molecule has 0 bridgehead atoms. The van der Waals surface area contributed by atoms with Crippen molar-refractivity contribution in [2.24, 2.45) is 0 Å². The molecule has 28 heavy (non-hydrogen) atoms. The summed E-state index contributed by atoms with van der Waals surface area (Å²) >= 11 is 0. The summed E-state index contributed by atoms with van der Waals surface area (Å²) in [6.07, 6.45) is 6.12. The number of amides is 2. The molecule has 5 heteroatoms. The monoisotopic (exact) mass is 386 g/mol. The Bertz CT molecular complexity index is 668. The Labute approximate surface area is 169 Å². The van der Waals surface area contributed by atoms with Gasteiger partial charge < -0.3 is 14.5 Å². The molecule has 5 nitrogen and oxygen atoms in total. The van der Waals surface area contributed by atoms with E-state index in [1.54, 1.807) is 0 Å². The number of hydrogen-bond donors (Lipinski definition) is 0.